The van der Waals surface area contributed by atoms with Crippen molar-refractivity contribution in [3.63, 3.8) is 0 Å². The van der Waals surface area contributed by atoms with Crippen molar-refractivity contribution in [2.24, 2.45) is 5.41 Å². The highest BCUT2D eigenvalue weighted by Crippen LogP contribution is 2.34. The normalized spacial score (nSPS) is 11.5. The fraction of sp³-hybridized carbons (Fsp3) is 0.261. The molecule has 1 amide bonds. The lowest BCUT2D eigenvalue weighted by Crippen LogP contribution is -2.23. The number of nitrogens with one attached hydrogen (secondary N) is 1. The molecule has 0 aliphatic carbocycles. The molecule has 0 saturated carbocycles. The smallest absolute Gasteiger partial charge is 0.416 e. The maximum Gasteiger partial charge on any atom is 0.416 e. The average Bonchev–Trinajstić information content (AvgIpc) is 3.30. The summed E-state index contributed by atoms with van der Waals surface area (Å²) in [5.41, 5.74) is -1.19. The molecule has 1 aromatic heterocycles. The lowest BCUT2D eigenvalue weighted by atomic mass is 9.94. The van der Waals surface area contributed by atoms with Gasteiger partial charge in [-0.1, -0.05) is 46.8 Å². The van der Waals surface area contributed by atoms with Gasteiger partial charge in [-0.25, -0.2) is 0 Å². The number of alkyl halides is 3. The number of hydrogen-bond donors (Lipinski definition) is 1. The summed E-state index contributed by atoms with van der Waals surface area (Å²) in [6.45, 7) is 3.24. The number of benzene rings is 2. The molecular weight excluding hydrogens is 554 g/mol. The van der Waals surface area contributed by atoms with Gasteiger partial charge >= 0.3 is 12.1 Å². The van der Waals surface area contributed by atoms with Crippen LogP contribution in [0.5, 0.6) is 0 Å². The first-order valence-corrected chi connectivity index (χ1v) is 12.1. The van der Waals surface area contributed by atoms with Crippen molar-refractivity contribution in [3.05, 3.63) is 57.6 Å². The maximum absolute atomic E-state index is 13.1. The van der Waals surface area contributed by atoms with Gasteiger partial charge in [-0.15, -0.1) is 5.10 Å². The van der Waals surface area contributed by atoms with Crippen LogP contribution in [0.15, 0.2) is 41.6 Å². The summed E-state index contributed by atoms with van der Waals surface area (Å²) in [5.74, 6) is 4.54. The second-order valence-electron chi connectivity index (χ2n) is 7.94. The van der Waals surface area contributed by atoms with Gasteiger partial charge in [0.2, 0.25) is 11.1 Å². The van der Waals surface area contributed by atoms with E-state index in [1.165, 1.54) is 13.2 Å². The van der Waals surface area contributed by atoms with Crippen molar-refractivity contribution in [1.29, 1.82) is 0 Å². The van der Waals surface area contributed by atoms with Gasteiger partial charge in [0.1, 0.15) is 5.41 Å². The third-order valence-electron chi connectivity index (χ3n) is 4.73. The molecule has 0 bridgehead atoms. The fourth-order valence-electron chi connectivity index (χ4n) is 2.82. The van der Waals surface area contributed by atoms with Gasteiger partial charge in [0, 0.05) is 5.56 Å². The number of rotatable bonds is 6. The topological polar surface area (TPSA) is 99.0 Å². The third-order valence-corrected chi connectivity index (χ3v) is 6.28. The Labute approximate surface area is 223 Å². The average molecular weight is 572 g/mol. The van der Waals surface area contributed by atoms with Gasteiger partial charge in [-0.05, 0) is 60.7 Å². The number of esters is 1. The molecule has 37 heavy (non-hydrogen) atoms. The number of hydrogen-bond acceptors (Lipinski definition) is 7. The number of tetrazole rings is 1. The van der Waals surface area contributed by atoms with Gasteiger partial charge in [0.15, 0.2) is 0 Å². The summed E-state index contributed by atoms with van der Waals surface area (Å²) < 4.78 is 45.0. The lowest BCUT2D eigenvalue weighted by Gasteiger charge is -2.13. The van der Waals surface area contributed by atoms with E-state index in [2.05, 4.69) is 32.7 Å². The molecule has 0 fully saturated rings. The number of amides is 1. The van der Waals surface area contributed by atoms with Crippen molar-refractivity contribution < 1.29 is 27.5 Å². The highest BCUT2D eigenvalue weighted by Gasteiger charge is 2.31. The number of thioether (sulfide) groups is 1. The summed E-state index contributed by atoms with van der Waals surface area (Å²) in [6, 6.07) is 7.45. The summed E-state index contributed by atoms with van der Waals surface area (Å²) in [4.78, 5) is 24.2. The standard InChI is InChI=1S/C23H18Cl2F3N5O3S/c1-22(2,20(35)36-3)9-8-13-4-7-17(16(25)10-13)29-19(34)12-37-21-30-31-32-33(21)18-11-14(23(26,27)28)5-6-15(18)24/h4-7,10-11H,12H2,1-3H3,(H,29,34). The van der Waals surface area contributed by atoms with Crippen molar-refractivity contribution in [3.8, 4) is 17.5 Å². The molecule has 3 aromatic rings. The Bertz CT molecular complexity index is 1400. The minimum absolute atomic E-state index is 0.00320. The van der Waals surface area contributed by atoms with Gasteiger partial charge in [0.25, 0.3) is 0 Å². The number of aromatic nitrogens is 4. The molecule has 8 nitrogen and oxygen atoms in total. The molecule has 1 N–H and O–H groups in total. The van der Waals surface area contributed by atoms with Crippen molar-refractivity contribution in [2.45, 2.75) is 25.2 Å². The number of carbonyl (C=O) groups excluding carboxylic acids is 2. The highest BCUT2D eigenvalue weighted by atomic mass is 35.5. The molecule has 0 spiro atoms. The molecule has 0 aliphatic rings. The van der Waals surface area contributed by atoms with Gasteiger partial charge in [0.05, 0.1) is 39.8 Å². The van der Waals surface area contributed by atoms with E-state index in [-0.39, 0.29) is 26.6 Å². The molecule has 14 heteroatoms. The predicted molar refractivity (Wildman–Crippen MR) is 133 cm³/mol. The molecular formula is C23H18Cl2F3N5O3S. The number of ether oxygens (including phenoxy) is 1. The quantitative estimate of drug-likeness (QED) is 0.244. The monoisotopic (exact) mass is 571 g/mol. The second-order valence-corrected chi connectivity index (χ2v) is 9.69. The number of anilines is 1. The molecule has 0 atom stereocenters. The predicted octanol–water partition coefficient (Wildman–Crippen LogP) is 5.27. The van der Waals surface area contributed by atoms with E-state index in [4.69, 9.17) is 27.9 Å². The molecule has 3 rings (SSSR count). The first kappa shape index (κ1) is 28.3. The third kappa shape index (κ3) is 7.15. The van der Waals surface area contributed by atoms with Crippen LogP contribution in [0.25, 0.3) is 5.69 Å². The van der Waals surface area contributed by atoms with Crippen LogP contribution in [0.1, 0.15) is 25.0 Å². The Morgan fingerprint density at radius 3 is 2.51 bits per heavy atom. The molecule has 1 heterocycles. The van der Waals surface area contributed by atoms with E-state index in [9.17, 15) is 22.8 Å². The summed E-state index contributed by atoms with van der Waals surface area (Å²) in [7, 11) is 1.28. The van der Waals surface area contributed by atoms with Crippen LogP contribution in [0.2, 0.25) is 10.0 Å². The largest absolute Gasteiger partial charge is 0.468 e. The van der Waals surface area contributed by atoms with E-state index in [0.717, 1.165) is 34.6 Å². The van der Waals surface area contributed by atoms with Crippen molar-refractivity contribution in [1.82, 2.24) is 20.2 Å². The van der Waals surface area contributed by atoms with E-state index in [1.54, 1.807) is 26.0 Å². The van der Waals surface area contributed by atoms with Crippen LogP contribution in [0.3, 0.4) is 0 Å². The second kappa shape index (κ2) is 11.4. The van der Waals surface area contributed by atoms with E-state index < -0.39 is 29.0 Å². The Morgan fingerprint density at radius 1 is 1.14 bits per heavy atom. The van der Waals surface area contributed by atoms with Crippen LogP contribution < -0.4 is 5.32 Å². The fourth-order valence-corrected chi connectivity index (χ4v) is 3.93. The lowest BCUT2D eigenvalue weighted by molar-refractivity contribution is -0.147. The molecule has 0 unspecified atom stereocenters. The Morgan fingerprint density at radius 2 is 1.86 bits per heavy atom. The zero-order valence-electron chi connectivity index (χ0n) is 19.5. The first-order valence-electron chi connectivity index (χ1n) is 10.3. The number of methoxy groups -OCH3 is 1. The Balaban J connectivity index is 1.69. The van der Waals surface area contributed by atoms with E-state index in [1.807, 2.05) is 0 Å². The van der Waals surface area contributed by atoms with Crippen LogP contribution in [-0.2, 0) is 20.5 Å². The Hall–Kier alpha value is -3.27. The van der Waals surface area contributed by atoms with Gasteiger partial charge in [-0.3, -0.25) is 9.59 Å². The van der Waals surface area contributed by atoms with E-state index in [0.29, 0.717) is 11.3 Å². The summed E-state index contributed by atoms with van der Waals surface area (Å²) in [5, 5.41) is 13.8. The Kier molecular flexibility index (Phi) is 8.73. The molecule has 0 aliphatic heterocycles. The minimum Gasteiger partial charge on any atom is -0.468 e. The summed E-state index contributed by atoms with van der Waals surface area (Å²) >= 11 is 13.2. The number of nitrogens with zero attached hydrogens (tertiary/aromatic N) is 4. The SMILES string of the molecule is COC(=O)C(C)(C)C#Cc1ccc(NC(=O)CSc2nnnn2-c2cc(C(F)(F)F)ccc2Cl)c(Cl)c1. The highest BCUT2D eigenvalue weighted by molar-refractivity contribution is 7.99. The summed E-state index contributed by atoms with van der Waals surface area (Å²) in [6.07, 6.45) is -4.58. The van der Waals surface area contributed by atoms with Crippen LogP contribution in [0.4, 0.5) is 18.9 Å². The maximum atomic E-state index is 13.1. The van der Waals surface area contributed by atoms with Gasteiger partial charge < -0.3 is 10.1 Å². The first-order chi connectivity index (χ1) is 17.3. The molecule has 0 radical (unpaired) electrons. The molecule has 2 aromatic carbocycles. The van der Waals surface area contributed by atoms with Gasteiger partial charge in [-0.2, -0.15) is 17.9 Å². The zero-order valence-corrected chi connectivity index (χ0v) is 21.8. The van der Waals surface area contributed by atoms with Crippen LogP contribution in [-0.4, -0.2) is 44.9 Å². The van der Waals surface area contributed by atoms with Crippen molar-refractivity contribution >= 4 is 52.5 Å². The molecule has 194 valence electrons. The molecule has 0 saturated heterocycles. The van der Waals surface area contributed by atoms with Crippen LogP contribution >= 0.6 is 35.0 Å². The number of carbonyl (C=O) groups is 2. The number of halogens is 5. The van der Waals surface area contributed by atoms with Crippen molar-refractivity contribution in [2.75, 3.05) is 18.2 Å². The minimum atomic E-state index is -4.58. The zero-order chi connectivity index (χ0) is 27.4. The van der Waals surface area contributed by atoms with Crippen LogP contribution in [0, 0.1) is 17.3 Å². The van der Waals surface area contributed by atoms with E-state index >= 15 is 0 Å².